The number of carbonyl (C=O) groups is 5. The minimum Gasteiger partial charge on any atom is -0.368 e. The van der Waals surface area contributed by atoms with Gasteiger partial charge in [-0.25, -0.2) is 0 Å². The molecule has 0 unspecified atom stereocenters. The van der Waals surface area contributed by atoms with E-state index in [0.717, 1.165) is 37.7 Å². The lowest BCUT2D eigenvalue weighted by Gasteiger charge is -2.36. The van der Waals surface area contributed by atoms with E-state index in [1.165, 1.54) is 0 Å². The largest absolute Gasteiger partial charge is 0.368 e. The van der Waals surface area contributed by atoms with Gasteiger partial charge < -0.3 is 47.4 Å². The molecule has 57 heavy (non-hydrogen) atoms. The highest BCUT2D eigenvalue weighted by Gasteiger charge is 2.41. The van der Waals surface area contributed by atoms with E-state index in [1.54, 1.807) is 17.5 Å². The highest BCUT2D eigenvalue weighted by molar-refractivity contribution is 7.17. The van der Waals surface area contributed by atoms with Gasteiger partial charge in [-0.1, -0.05) is 66.7 Å². The average Bonchev–Trinajstić information content (AvgIpc) is 3.84. The van der Waals surface area contributed by atoms with Crippen molar-refractivity contribution in [2.75, 3.05) is 32.8 Å². The molecule has 2 aliphatic rings. The Balaban J connectivity index is 1.19. The molecular weight excluding hydrogens is 745 g/mol. The van der Waals surface area contributed by atoms with Crippen molar-refractivity contribution in [2.45, 2.75) is 61.9 Å². The zero-order valence-electron chi connectivity index (χ0n) is 31.5. The number of rotatable bonds is 15. The molecule has 0 spiro atoms. The Labute approximate surface area is 334 Å². The molecule has 298 valence electrons. The molecule has 7 rings (SSSR count). The van der Waals surface area contributed by atoms with Gasteiger partial charge in [0.05, 0.1) is 6.61 Å². The minimum absolute atomic E-state index is 0.0653. The number of aromatic amines is 1. The number of primary amides is 1. The van der Waals surface area contributed by atoms with E-state index < -0.39 is 59.3 Å². The van der Waals surface area contributed by atoms with Crippen molar-refractivity contribution >= 4 is 61.9 Å². The maximum Gasteiger partial charge on any atom is 0.251 e. The predicted octanol–water partition coefficient (Wildman–Crippen LogP) is 1.58. The third kappa shape index (κ3) is 9.51. The standard InChI is InChI=1S/C42H48N8O6S/c43-41(55)42(14-16-44-17-15-42)50-39(53)32(20-26-8-2-1-3-9-26)47-37(51)33(21-27-23-46-31-12-6-4-10-29(27)31)48-38(52)34(49-40(54)35-24-45-18-19-56-35)22-28-25-57-36-13-7-5-11-30(28)36/h1-13,23,25,32-35,44-46H,14-22,24H2,(H2,43,55)(H,47,51)(H,48,52)(H,49,54)(H,50,53)/t32-,33+,34+,35+/m0/s1. The number of morpholine rings is 1. The molecule has 0 radical (unpaired) electrons. The fourth-order valence-corrected chi connectivity index (χ4v) is 8.54. The Hall–Kier alpha value is -5.61. The van der Waals surface area contributed by atoms with Crippen molar-refractivity contribution in [3.8, 4) is 0 Å². The number of nitrogens with two attached hydrogens (primary N) is 1. The second-order valence-electron chi connectivity index (χ2n) is 14.6. The van der Waals surface area contributed by atoms with Crippen LogP contribution in [0.15, 0.2) is 90.4 Å². The van der Waals surface area contributed by atoms with Crippen molar-refractivity contribution in [3.63, 3.8) is 0 Å². The lowest BCUT2D eigenvalue weighted by atomic mass is 9.87. The van der Waals surface area contributed by atoms with Gasteiger partial charge in [0.15, 0.2) is 0 Å². The Morgan fingerprint density at radius 1 is 0.737 bits per heavy atom. The van der Waals surface area contributed by atoms with Gasteiger partial charge in [0.2, 0.25) is 23.6 Å². The summed E-state index contributed by atoms with van der Waals surface area (Å²) in [5.41, 5.74) is 7.85. The van der Waals surface area contributed by atoms with Crippen molar-refractivity contribution in [1.82, 2.24) is 36.9 Å². The smallest absolute Gasteiger partial charge is 0.251 e. The van der Waals surface area contributed by atoms with Gasteiger partial charge in [0, 0.05) is 54.2 Å². The number of carbonyl (C=O) groups excluding carboxylic acids is 5. The number of aromatic nitrogens is 1. The lowest BCUT2D eigenvalue weighted by Crippen LogP contribution is -2.65. The van der Waals surface area contributed by atoms with E-state index >= 15 is 0 Å². The number of nitrogens with one attached hydrogen (secondary N) is 7. The van der Waals surface area contributed by atoms with Crippen molar-refractivity contribution in [1.29, 1.82) is 0 Å². The van der Waals surface area contributed by atoms with Gasteiger partial charge in [-0.05, 0) is 65.5 Å². The van der Waals surface area contributed by atoms with Crippen LogP contribution in [0.1, 0.15) is 29.5 Å². The summed E-state index contributed by atoms with van der Waals surface area (Å²) in [5, 5.41) is 21.8. The second kappa shape index (κ2) is 18.1. The van der Waals surface area contributed by atoms with Crippen LogP contribution in [-0.2, 0) is 48.0 Å². The van der Waals surface area contributed by atoms with Gasteiger partial charge in [0.25, 0.3) is 5.91 Å². The number of ether oxygens (including phenoxy) is 1. The molecule has 0 saturated carbocycles. The summed E-state index contributed by atoms with van der Waals surface area (Å²) in [7, 11) is 0. The molecular formula is C42H48N8O6S. The minimum atomic E-state index is -1.28. The first-order valence-electron chi connectivity index (χ1n) is 19.3. The van der Waals surface area contributed by atoms with Gasteiger partial charge in [0.1, 0.15) is 29.8 Å². The quantitative estimate of drug-likeness (QED) is 0.0779. The van der Waals surface area contributed by atoms with Crippen LogP contribution in [0, 0.1) is 0 Å². The molecule has 2 aliphatic heterocycles. The number of amides is 5. The summed E-state index contributed by atoms with van der Waals surface area (Å²) in [4.78, 5) is 72.8. The van der Waals surface area contributed by atoms with Crippen LogP contribution >= 0.6 is 11.3 Å². The summed E-state index contributed by atoms with van der Waals surface area (Å²) in [6.07, 6.45) is 1.94. The number of benzene rings is 3. The van der Waals surface area contributed by atoms with Gasteiger partial charge in [-0.3, -0.25) is 24.0 Å². The van der Waals surface area contributed by atoms with E-state index in [4.69, 9.17) is 10.5 Å². The van der Waals surface area contributed by atoms with Crippen molar-refractivity contribution < 1.29 is 28.7 Å². The molecule has 0 bridgehead atoms. The van der Waals surface area contributed by atoms with E-state index in [1.807, 2.05) is 84.2 Å². The zero-order chi connectivity index (χ0) is 39.8. The topological polar surface area (TPSA) is 209 Å². The molecule has 14 nitrogen and oxygen atoms in total. The average molecular weight is 793 g/mol. The van der Waals surface area contributed by atoms with E-state index in [9.17, 15) is 24.0 Å². The Bertz CT molecular complexity index is 2210. The number of para-hydroxylation sites is 1. The van der Waals surface area contributed by atoms with Crippen LogP contribution in [0.5, 0.6) is 0 Å². The van der Waals surface area contributed by atoms with E-state index in [0.29, 0.717) is 45.6 Å². The highest BCUT2D eigenvalue weighted by atomic mass is 32.1. The molecule has 0 aliphatic carbocycles. The molecule has 2 fully saturated rings. The summed E-state index contributed by atoms with van der Waals surface area (Å²) < 4.78 is 6.75. The molecule has 5 amide bonds. The third-order valence-electron chi connectivity index (χ3n) is 10.8. The summed E-state index contributed by atoms with van der Waals surface area (Å²) >= 11 is 1.54. The maximum atomic E-state index is 14.6. The van der Waals surface area contributed by atoms with Crippen LogP contribution in [0.4, 0.5) is 0 Å². The monoisotopic (exact) mass is 792 g/mol. The number of thiophene rings is 1. The van der Waals surface area contributed by atoms with Crippen LogP contribution < -0.4 is 37.6 Å². The van der Waals surface area contributed by atoms with Crippen LogP contribution in [-0.4, -0.2) is 97.1 Å². The van der Waals surface area contributed by atoms with Crippen LogP contribution in [0.3, 0.4) is 0 Å². The number of hydrogen-bond donors (Lipinski definition) is 8. The molecule has 15 heteroatoms. The first-order chi connectivity index (χ1) is 27.7. The second-order valence-corrected chi connectivity index (χ2v) is 15.6. The summed E-state index contributed by atoms with van der Waals surface area (Å²) in [5.74, 6) is -2.85. The Morgan fingerprint density at radius 3 is 2.11 bits per heavy atom. The molecule has 5 aromatic rings. The van der Waals surface area contributed by atoms with E-state index in [-0.39, 0.29) is 19.3 Å². The normalized spacial score (nSPS) is 18.2. The van der Waals surface area contributed by atoms with Crippen LogP contribution in [0.25, 0.3) is 21.0 Å². The molecule has 4 heterocycles. The predicted molar refractivity (Wildman–Crippen MR) is 218 cm³/mol. The first kappa shape index (κ1) is 39.6. The summed E-state index contributed by atoms with van der Waals surface area (Å²) in [6, 6.07) is 21.3. The molecule has 9 N–H and O–H groups in total. The lowest BCUT2D eigenvalue weighted by molar-refractivity contribution is -0.138. The van der Waals surface area contributed by atoms with Crippen LogP contribution in [0.2, 0.25) is 0 Å². The number of H-pyrrole nitrogens is 1. The van der Waals surface area contributed by atoms with Gasteiger partial charge >= 0.3 is 0 Å². The number of piperidine rings is 1. The molecule has 3 aromatic carbocycles. The first-order valence-corrected chi connectivity index (χ1v) is 20.2. The fourth-order valence-electron chi connectivity index (χ4n) is 7.56. The number of fused-ring (bicyclic) bond motifs is 2. The SMILES string of the molecule is NC(=O)C1(NC(=O)[C@H](Cc2ccccc2)NC(=O)[C@@H](Cc2c[nH]c3ccccc23)NC(=O)[C@@H](Cc2csc3ccccc23)NC(=O)[C@H]2CNCCO2)CCNCC1. The fraction of sp³-hybridized carbons (Fsp3) is 0.357. The number of hydrogen-bond acceptors (Lipinski definition) is 9. The Morgan fingerprint density at radius 2 is 1.39 bits per heavy atom. The van der Waals surface area contributed by atoms with Crippen molar-refractivity contribution in [2.24, 2.45) is 5.73 Å². The third-order valence-corrected chi connectivity index (χ3v) is 11.8. The highest BCUT2D eigenvalue weighted by Crippen LogP contribution is 2.27. The zero-order valence-corrected chi connectivity index (χ0v) is 32.3. The van der Waals surface area contributed by atoms with Gasteiger partial charge in [-0.15, -0.1) is 11.3 Å². The summed E-state index contributed by atoms with van der Waals surface area (Å²) in [6.45, 7) is 2.24. The van der Waals surface area contributed by atoms with Crippen molar-refractivity contribution in [3.05, 3.63) is 107 Å². The molecule has 2 aromatic heterocycles. The molecule has 2 saturated heterocycles. The molecule has 4 atom stereocenters. The Kier molecular flexibility index (Phi) is 12.6. The van der Waals surface area contributed by atoms with E-state index in [2.05, 4.69) is 36.9 Å². The van der Waals surface area contributed by atoms with Gasteiger partial charge in [-0.2, -0.15) is 0 Å². The maximum absolute atomic E-state index is 14.6.